The van der Waals surface area contributed by atoms with Gasteiger partial charge in [0, 0.05) is 28.8 Å². The molecule has 4 nitrogen and oxygen atoms in total. The third kappa shape index (κ3) is 7.30. The minimum absolute atomic E-state index is 0.0656. The third-order valence-electron chi connectivity index (χ3n) is 2.19. The lowest BCUT2D eigenvalue weighted by Gasteiger charge is -2.10. The maximum absolute atomic E-state index is 8.75. The van der Waals surface area contributed by atoms with E-state index >= 15 is 0 Å². The first-order chi connectivity index (χ1) is 9.26. The molecule has 1 aromatic rings. The summed E-state index contributed by atoms with van der Waals surface area (Å²) in [5.41, 5.74) is 0. The molecule has 0 aliphatic heterocycles. The van der Waals surface area contributed by atoms with Crippen molar-refractivity contribution in [3.8, 4) is 0 Å². The van der Waals surface area contributed by atoms with Crippen molar-refractivity contribution in [2.75, 3.05) is 32.0 Å². The molecule has 0 aliphatic carbocycles. The average Bonchev–Trinajstić information content (AvgIpc) is 2.42. The van der Waals surface area contributed by atoms with Gasteiger partial charge in [0.2, 0.25) is 0 Å². The van der Waals surface area contributed by atoms with Gasteiger partial charge in [-0.15, -0.1) is 11.8 Å². The van der Waals surface area contributed by atoms with Gasteiger partial charge in [-0.2, -0.15) is 0 Å². The number of aliphatic imine (C=N–C) groups is 1. The molecule has 1 rings (SSSR count). The van der Waals surface area contributed by atoms with E-state index in [1.807, 2.05) is 31.2 Å². The van der Waals surface area contributed by atoms with Gasteiger partial charge in [-0.3, -0.25) is 4.99 Å². The highest BCUT2D eigenvalue weighted by Gasteiger charge is 1.97. The number of nitrogens with one attached hydrogen (secondary N) is 2. The summed E-state index contributed by atoms with van der Waals surface area (Å²) in [7, 11) is 0. The number of nitrogens with zero attached hydrogens (tertiary/aromatic N) is 1. The summed E-state index contributed by atoms with van der Waals surface area (Å²) in [6, 6.07) is 7.81. The van der Waals surface area contributed by atoms with Crippen LogP contribution in [-0.2, 0) is 0 Å². The molecule has 0 aliphatic rings. The average molecular weight is 302 g/mol. The van der Waals surface area contributed by atoms with E-state index in [0.29, 0.717) is 6.54 Å². The molecule has 1 aromatic carbocycles. The van der Waals surface area contributed by atoms with Gasteiger partial charge in [0.15, 0.2) is 5.96 Å². The van der Waals surface area contributed by atoms with Gasteiger partial charge in [0.1, 0.15) is 0 Å². The number of thioether (sulfide) groups is 1. The lowest BCUT2D eigenvalue weighted by Crippen LogP contribution is -2.38. The molecule has 0 fully saturated rings. The molecule has 0 saturated heterocycles. The molecule has 0 aromatic heterocycles. The van der Waals surface area contributed by atoms with Crippen LogP contribution >= 0.6 is 23.4 Å². The first kappa shape index (κ1) is 16.1. The second-order valence-electron chi connectivity index (χ2n) is 3.71. The van der Waals surface area contributed by atoms with E-state index in [4.69, 9.17) is 16.7 Å². The SMILES string of the molecule is CCNC(=NCCO)NCCSc1ccc(Cl)cc1. The Hall–Kier alpha value is -0.910. The van der Waals surface area contributed by atoms with Gasteiger partial charge in [0.25, 0.3) is 0 Å². The van der Waals surface area contributed by atoms with Crippen molar-refractivity contribution in [3.63, 3.8) is 0 Å². The number of aliphatic hydroxyl groups excluding tert-OH is 1. The van der Waals surface area contributed by atoms with Crippen molar-refractivity contribution < 1.29 is 5.11 Å². The van der Waals surface area contributed by atoms with E-state index in [1.165, 1.54) is 4.90 Å². The minimum Gasteiger partial charge on any atom is -0.394 e. The highest BCUT2D eigenvalue weighted by Crippen LogP contribution is 2.19. The molecule has 0 amide bonds. The molecule has 3 N–H and O–H groups in total. The third-order valence-corrected chi connectivity index (χ3v) is 3.46. The molecule has 19 heavy (non-hydrogen) atoms. The van der Waals surface area contributed by atoms with Gasteiger partial charge in [-0.1, -0.05) is 11.6 Å². The summed E-state index contributed by atoms with van der Waals surface area (Å²) in [4.78, 5) is 5.40. The van der Waals surface area contributed by atoms with Crippen molar-refractivity contribution in [1.29, 1.82) is 0 Å². The Labute approximate surface area is 123 Å². The lowest BCUT2D eigenvalue weighted by atomic mass is 10.4. The zero-order chi connectivity index (χ0) is 13.9. The number of hydrogen-bond donors (Lipinski definition) is 3. The topological polar surface area (TPSA) is 56.7 Å². The molecule has 0 spiro atoms. The van der Waals surface area contributed by atoms with Crippen LogP contribution < -0.4 is 10.6 Å². The van der Waals surface area contributed by atoms with Crippen molar-refractivity contribution in [3.05, 3.63) is 29.3 Å². The van der Waals surface area contributed by atoms with E-state index in [0.717, 1.165) is 29.8 Å². The number of hydrogen-bond acceptors (Lipinski definition) is 3. The highest BCUT2D eigenvalue weighted by molar-refractivity contribution is 7.99. The number of benzene rings is 1. The molecule has 0 saturated carbocycles. The predicted octanol–water partition coefficient (Wildman–Crippen LogP) is 1.98. The Kier molecular flexibility index (Phi) is 8.45. The fourth-order valence-electron chi connectivity index (χ4n) is 1.37. The van der Waals surface area contributed by atoms with Crippen LogP contribution in [0.2, 0.25) is 5.02 Å². The van der Waals surface area contributed by atoms with Crippen LogP contribution in [0.3, 0.4) is 0 Å². The molecular formula is C13H20ClN3OS. The van der Waals surface area contributed by atoms with Crippen LogP contribution in [0.5, 0.6) is 0 Å². The summed E-state index contributed by atoms with van der Waals surface area (Å²) in [6.07, 6.45) is 0. The van der Waals surface area contributed by atoms with Gasteiger partial charge >= 0.3 is 0 Å². The smallest absolute Gasteiger partial charge is 0.191 e. The summed E-state index contributed by atoms with van der Waals surface area (Å²) >= 11 is 7.59. The Morgan fingerprint density at radius 3 is 2.68 bits per heavy atom. The molecule has 0 unspecified atom stereocenters. The molecular weight excluding hydrogens is 282 g/mol. The summed E-state index contributed by atoms with van der Waals surface area (Å²) in [6.45, 7) is 4.11. The fourth-order valence-corrected chi connectivity index (χ4v) is 2.27. The summed E-state index contributed by atoms with van der Waals surface area (Å²) < 4.78 is 0. The number of rotatable bonds is 7. The van der Waals surface area contributed by atoms with Crippen molar-refractivity contribution >= 4 is 29.3 Å². The van der Waals surface area contributed by atoms with E-state index in [9.17, 15) is 0 Å². The zero-order valence-corrected chi connectivity index (χ0v) is 12.6. The first-order valence-corrected chi connectivity index (χ1v) is 7.64. The highest BCUT2D eigenvalue weighted by atomic mass is 35.5. The molecule has 0 radical (unpaired) electrons. The number of aliphatic hydroxyl groups is 1. The standard InChI is InChI=1S/C13H20ClN3OS/c1-2-15-13(16-7-9-18)17-8-10-19-12-5-3-11(14)4-6-12/h3-6,18H,2,7-10H2,1H3,(H2,15,16,17). The number of guanidine groups is 1. The van der Waals surface area contributed by atoms with Crippen molar-refractivity contribution in [2.24, 2.45) is 4.99 Å². The van der Waals surface area contributed by atoms with E-state index < -0.39 is 0 Å². The zero-order valence-electron chi connectivity index (χ0n) is 11.0. The summed E-state index contributed by atoms with van der Waals surface area (Å²) in [5.74, 6) is 1.68. The first-order valence-electron chi connectivity index (χ1n) is 6.27. The lowest BCUT2D eigenvalue weighted by molar-refractivity contribution is 0.306. The van der Waals surface area contributed by atoms with Crippen LogP contribution in [0.25, 0.3) is 0 Å². The van der Waals surface area contributed by atoms with Gasteiger partial charge in [0.05, 0.1) is 13.2 Å². The molecule has 6 heteroatoms. The molecule has 106 valence electrons. The Morgan fingerprint density at radius 2 is 2.05 bits per heavy atom. The second-order valence-corrected chi connectivity index (χ2v) is 5.32. The number of halogens is 1. The van der Waals surface area contributed by atoms with Crippen molar-refractivity contribution in [1.82, 2.24) is 10.6 Å². The van der Waals surface area contributed by atoms with E-state index in [2.05, 4.69) is 15.6 Å². The normalized spacial score (nSPS) is 11.4. The summed E-state index contributed by atoms with van der Waals surface area (Å²) in [5, 5.41) is 15.8. The Balaban J connectivity index is 2.26. The largest absolute Gasteiger partial charge is 0.394 e. The predicted molar refractivity (Wildman–Crippen MR) is 83.2 cm³/mol. The Bertz CT molecular complexity index is 384. The quantitative estimate of drug-likeness (QED) is 0.312. The van der Waals surface area contributed by atoms with Gasteiger partial charge in [-0.25, -0.2) is 0 Å². The second kappa shape index (κ2) is 9.95. The monoisotopic (exact) mass is 301 g/mol. The van der Waals surface area contributed by atoms with Gasteiger partial charge in [-0.05, 0) is 31.2 Å². The minimum atomic E-state index is 0.0656. The molecule has 0 atom stereocenters. The van der Waals surface area contributed by atoms with E-state index in [-0.39, 0.29) is 6.61 Å². The fraction of sp³-hybridized carbons (Fsp3) is 0.462. The maximum Gasteiger partial charge on any atom is 0.191 e. The van der Waals surface area contributed by atoms with Crippen molar-refractivity contribution in [2.45, 2.75) is 11.8 Å². The van der Waals surface area contributed by atoms with Crippen LogP contribution in [0.15, 0.2) is 34.2 Å². The molecule has 0 bridgehead atoms. The van der Waals surface area contributed by atoms with Crippen LogP contribution in [-0.4, -0.2) is 43.1 Å². The van der Waals surface area contributed by atoms with E-state index in [1.54, 1.807) is 11.8 Å². The van der Waals surface area contributed by atoms with Crippen LogP contribution in [0, 0.1) is 0 Å². The Morgan fingerprint density at radius 1 is 1.32 bits per heavy atom. The van der Waals surface area contributed by atoms with Crippen LogP contribution in [0.4, 0.5) is 0 Å². The van der Waals surface area contributed by atoms with Gasteiger partial charge < -0.3 is 15.7 Å². The molecule has 0 heterocycles. The van der Waals surface area contributed by atoms with Crippen LogP contribution in [0.1, 0.15) is 6.92 Å². The maximum atomic E-state index is 8.75.